The quantitative estimate of drug-likeness (QED) is 0.442. The highest BCUT2D eigenvalue weighted by Crippen LogP contribution is 2.31. The van der Waals surface area contributed by atoms with Crippen LogP contribution >= 0.6 is 0 Å². The Hall–Kier alpha value is -2.13. The van der Waals surface area contributed by atoms with Crippen molar-refractivity contribution in [2.45, 2.75) is 6.92 Å². The normalized spacial score (nSPS) is 9.12. The molecule has 0 amide bonds. The number of carbonyl (C=O) groups excluding carboxylic acids is 2. The molecule has 84 valence electrons. The molecule has 0 aliphatic heterocycles. The van der Waals surface area contributed by atoms with Crippen LogP contribution in [0.5, 0.6) is 5.75 Å². The van der Waals surface area contributed by atoms with Crippen molar-refractivity contribution in [2.75, 3.05) is 13.7 Å². The van der Waals surface area contributed by atoms with E-state index in [1.807, 2.05) is 0 Å². The Morgan fingerprint density at radius 2 is 2.25 bits per heavy atom. The smallest absolute Gasteiger partial charge is 0.340 e. The molecule has 0 aliphatic rings. The van der Waals surface area contributed by atoms with Gasteiger partial charge in [-0.1, -0.05) is 6.07 Å². The standard InChI is InChI=1S/C11H11NO4/c1-3-16-11(14)8-5-4-6-9(15-2)10(8)12-7-13/h4-6H,3H2,1-2H3. The summed E-state index contributed by atoms with van der Waals surface area (Å²) in [4.78, 5) is 25.3. The first-order chi connectivity index (χ1) is 7.74. The van der Waals surface area contributed by atoms with Crippen molar-refractivity contribution in [2.24, 2.45) is 4.99 Å². The van der Waals surface area contributed by atoms with E-state index < -0.39 is 5.97 Å². The van der Waals surface area contributed by atoms with Gasteiger partial charge < -0.3 is 9.47 Å². The van der Waals surface area contributed by atoms with Crippen LogP contribution < -0.4 is 4.74 Å². The minimum absolute atomic E-state index is 0.137. The second kappa shape index (κ2) is 5.68. The SMILES string of the molecule is CCOC(=O)c1cccc(OC)c1N=C=O. The highest BCUT2D eigenvalue weighted by Gasteiger charge is 2.15. The van der Waals surface area contributed by atoms with Gasteiger partial charge in [0.05, 0.1) is 19.3 Å². The predicted octanol–water partition coefficient (Wildman–Crippen LogP) is 1.84. The zero-order chi connectivity index (χ0) is 12.0. The number of hydrogen-bond donors (Lipinski definition) is 0. The predicted molar refractivity (Wildman–Crippen MR) is 56.7 cm³/mol. The average Bonchev–Trinajstić information content (AvgIpc) is 2.30. The molecule has 0 atom stereocenters. The van der Waals surface area contributed by atoms with E-state index in [0.717, 1.165) is 0 Å². The van der Waals surface area contributed by atoms with Crippen LogP contribution in [0.25, 0.3) is 0 Å². The van der Waals surface area contributed by atoms with Crippen LogP contribution in [0.15, 0.2) is 23.2 Å². The lowest BCUT2D eigenvalue weighted by Crippen LogP contribution is -2.05. The van der Waals surface area contributed by atoms with E-state index in [0.29, 0.717) is 5.75 Å². The highest BCUT2D eigenvalue weighted by molar-refractivity contribution is 5.96. The van der Waals surface area contributed by atoms with Gasteiger partial charge in [-0.25, -0.2) is 9.59 Å². The second-order valence-electron chi connectivity index (χ2n) is 2.78. The summed E-state index contributed by atoms with van der Waals surface area (Å²) in [5.41, 5.74) is 0.322. The Kier molecular flexibility index (Phi) is 4.24. The van der Waals surface area contributed by atoms with Crippen molar-refractivity contribution in [1.82, 2.24) is 0 Å². The minimum atomic E-state index is -0.546. The largest absolute Gasteiger partial charge is 0.494 e. The van der Waals surface area contributed by atoms with Crippen LogP contribution in [-0.2, 0) is 9.53 Å². The van der Waals surface area contributed by atoms with Crippen LogP contribution in [0.1, 0.15) is 17.3 Å². The number of aliphatic imine (C=N–C) groups is 1. The summed E-state index contributed by atoms with van der Waals surface area (Å²) in [7, 11) is 1.42. The van der Waals surface area contributed by atoms with Crippen molar-refractivity contribution >= 4 is 17.7 Å². The molecule has 1 rings (SSSR count). The molecule has 0 saturated heterocycles. The maximum absolute atomic E-state index is 11.5. The molecule has 0 saturated carbocycles. The highest BCUT2D eigenvalue weighted by atomic mass is 16.5. The summed E-state index contributed by atoms with van der Waals surface area (Å²) in [5, 5.41) is 0. The van der Waals surface area contributed by atoms with Crippen LogP contribution in [0.2, 0.25) is 0 Å². The number of esters is 1. The van der Waals surface area contributed by atoms with E-state index in [-0.39, 0.29) is 17.9 Å². The monoisotopic (exact) mass is 221 g/mol. The van der Waals surface area contributed by atoms with Crippen molar-refractivity contribution in [1.29, 1.82) is 0 Å². The van der Waals surface area contributed by atoms with Crippen molar-refractivity contribution in [3.05, 3.63) is 23.8 Å². The summed E-state index contributed by atoms with van der Waals surface area (Å²) in [6.45, 7) is 1.95. The zero-order valence-electron chi connectivity index (χ0n) is 9.02. The van der Waals surface area contributed by atoms with Gasteiger partial charge in [-0.3, -0.25) is 0 Å². The zero-order valence-corrected chi connectivity index (χ0v) is 9.02. The molecule has 0 unspecified atom stereocenters. The van der Waals surface area contributed by atoms with Gasteiger partial charge in [0.1, 0.15) is 11.4 Å². The van der Waals surface area contributed by atoms with E-state index in [1.165, 1.54) is 19.3 Å². The number of nitrogens with zero attached hydrogens (tertiary/aromatic N) is 1. The molecule has 16 heavy (non-hydrogen) atoms. The molecule has 0 fully saturated rings. The summed E-state index contributed by atoms with van der Waals surface area (Å²) in [5.74, 6) is -0.218. The van der Waals surface area contributed by atoms with Crippen molar-refractivity contribution < 1.29 is 19.1 Å². The lowest BCUT2D eigenvalue weighted by Gasteiger charge is -2.07. The minimum Gasteiger partial charge on any atom is -0.494 e. The number of para-hydroxylation sites is 1. The maximum atomic E-state index is 11.5. The Balaban J connectivity index is 3.26. The molecule has 1 aromatic carbocycles. The summed E-state index contributed by atoms with van der Waals surface area (Å²) in [6.07, 6.45) is 1.38. The number of carbonyl (C=O) groups is 1. The third-order valence-corrected chi connectivity index (χ3v) is 1.87. The topological polar surface area (TPSA) is 65.0 Å². The summed E-state index contributed by atoms with van der Waals surface area (Å²) < 4.78 is 9.82. The lowest BCUT2D eigenvalue weighted by molar-refractivity contribution is 0.0527. The van der Waals surface area contributed by atoms with Crippen molar-refractivity contribution in [3.8, 4) is 5.75 Å². The molecular formula is C11H11NO4. The van der Waals surface area contributed by atoms with Gasteiger partial charge in [0.15, 0.2) is 0 Å². The van der Waals surface area contributed by atoms with Gasteiger partial charge >= 0.3 is 5.97 Å². The molecule has 1 aromatic rings. The molecule has 0 radical (unpaired) electrons. The molecular weight excluding hydrogens is 210 g/mol. The van der Waals surface area contributed by atoms with E-state index in [9.17, 15) is 9.59 Å². The molecule has 0 bridgehead atoms. The molecule has 0 N–H and O–H groups in total. The van der Waals surface area contributed by atoms with E-state index in [1.54, 1.807) is 19.1 Å². The number of hydrogen-bond acceptors (Lipinski definition) is 5. The number of isocyanates is 1. The number of ether oxygens (including phenoxy) is 2. The molecule has 0 aromatic heterocycles. The molecule has 0 spiro atoms. The maximum Gasteiger partial charge on any atom is 0.340 e. The fourth-order valence-electron chi connectivity index (χ4n) is 1.22. The Morgan fingerprint density at radius 1 is 1.50 bits per heavy atom. The van der Waals surface area contributed by atoms with Crippen LogP contribution in [0.4, 0.5) is 5.69 Å². The third-order valence-electron chi connectivity index (χ3n) is 1.87. The first-order valence-corrected chi connectivity index (χ1v) is 4.66. The Labute approximate surface area is 92.7 Å². The van der Waals surface area contributed by atoms with E-state index in [2.05, 4.69) is 4.99 Å². The summed E-state index contributed by atoms with van der Waals surface area (Å²) >= 11 is 0. The fourth-order valence-corrected chi connectivity index (χ4v) is 1.22. The number of rotatable bonds is 4. The number of benzene rings is 1. The second-order valence-corrected chi connectivity index (χ2v) is 2.78. The van der Waals surface area contributed by atoms with Gasteiger partial charge in [0.25, 0.3) is 0 Å². The van der Waals surface area contributed by atoms with Gasteiger partial charge in [-0.15, -0.1) is 0 Å². The average molecular weight is 221 g/mol. The third kappa shape index (κ3) is 2.46. The van der Waals surface area contributed by atoms with Crippen LogP contribution in [-0.4, -0.2) is 25.8 Å². The molecule has 0 aliphatic carbocycles. The van der Waals surface area contributed by atoms with Crippen LogP contribution in [0, 0.1) is 0 Å². The molecule has 5 heteroatoms. The Bertz CT molecular complexity index is 436. The fraction of sp³-hybridized carbons (Fsp3) is 0.273. The van der Waals surface area contributed by atoms with Crippen LogP contribution in [0.3, 0.4) is 0 Å². The number of methoxy groups -OCH3 is 1. The van der Waals surface area contributed by atoms with Gasteiger partial charge in [0.2, 0.25) is 6.08 Å². The van der Waals surface area contributed by atoms with Gasteiger partial charge in [-0.05, 0) is 19.1 Å². The lowest BCUT2D eigenvalue weighted by atomic mass is 10.1. The molecule has 5 nitrogen and oxygen atoms in total. The molecule has 0 heterocycles. The van der Waals surface area contributed by atoms with E-state index >= 15 is 0 Å². The van der Waals surface area contributed by atoms with Crippen molar-refractivity contribution in [3.63, 3.8) is 0 Å². The first-order valence-electron chi connectivity index (χ1n) is 4.66. The van der Waals surface area contributed by atoms with Gasteiger partial charge in [-0.2, -0.15) is 4.99 Å². The Morgan fingerprint density at radius 3 is 2.81 bits per heavy atom. The first kappa shape index (κ1) is 11.9. The summed E-state index contributed by atoms with van der Waals surface area (Å²) in [6, 6.07) is 4.73. The van der Waals surface area contributed by atoms with E-state index in [4.69, 9.17) is 9.47 Å². The van der Waals surface area contributed by atoms with Gasteiger partial charge in [0, 0.05) is 0 Å².